The number of hydrogen-bond acceptors (Lipinski definition) is 3. The van der Waals surface area contributed by atoms with E-state index in [0.29, 0.717) is 18.6 Å². The second-order valence-corrected chi connectivity index (χ2v) is 7.51. The standard InChI is InChI=1S/C18H13F6N3OS/c19-17(20,21)9-5-10(18(22,23)24)7-11(6-9)26-16(28)27-15-13(8-25)12-3-1-2-4-14(12)29-15/h5-7H,1-4H2,(H2,26,27,28). The number of fused-ring (bicyclic) bond motifs is 1. The van der Waals surface area contributed by atoms with Gasteiger partial charge in [-0.25, -0.2) is 4.79 Å². The molecule has 1 aromatic carbocycles. The highest BCUT2D eigenvalue weighted by Crippen LogP contribution is 2.39. The Morgan fingerprint density at radius 1 is 0.966 bits per heavy atom. The number of amides is 2. The average molecular weight is 433 g/mol. The number of carbonyl (C=O) groups is 1. The molecule has 3 rings (SSSR count). The predicted molar refractivity (Wildman–Crippen MR) is 94.8 cm³/mol. The number of rotatable bonds is 2. The minimum atomic E-state index is -5.02. The fourth-order valence-corrected chi connectivity index (χ4v) is 4.30. The van der Waals surface area contributed by atoms with Gasteiger partial charge in [0.15, 0.2) is 0 Å². The van der Waals surface area contributed by atoms with Gasteiger partial charge in [-0.05, 0) is 49.4 Å². The topological polar surface area (TPSA) is 64.9 Å². The molecule has 154 valence electrons. The van der Waals surface area contributed by atoms with E-state index in [0.717, 1.165) is 29.7 Å². The number of carbonyl (C=O) groups excluding carboxylic acids is 1. The molecule has 0 spiro atoms. The van der Waals surface area contributed by atoms with Gasteiger partial charge in [-0.3, -0.25) is 5.32 Å². The number of halogens is 6. The molecule has 1 aromatic heterocycles. The predicted octanol–water partition coefficient (Wildman–Crippen LogP) is 6.18. The van der Waals surface area contributed by atoms with Gasteiger partial charge in [-0.1, -0.05) is 0 Å². The first-order chi connectivity index (χ1) is 13.5. The van der Waals surface area contributed by atoms with Gasteiger partial charge in [0.2, 0.25) is 0 Å². The molecule has 0 saturated carbocycles. The van der Waals surface area contributed by atoms with Crippen molar-refractivity contribution in [1.82, 2.24) is 0 Å². The molecule has 0 saturated heterocycles. The molecule has 0 radical (unpaired) electrons. The molecule has 2 amide bonds. The van der Waals surface area contributed by atoms with E-state index in [-0.39, 0.29) is 16.6 Å². The van der Waals surface area contributed by atoms with Crippen LogP contribution in [0.3, 0.4) is 0 Å². The third kappa shape index (κ3) is 4.64. The summed E-state index contributed by atoms with van der Waals surface area (Å²) in [5, 5.41) is 13.9. The lowest BCUT2D eigenvalue weighted by atomic mass is 9.96. The molecule has 0 atom stereocenters. The van der Waals surface area contributed by atoms with Gasteiger partial charge >= 0.3 is 18.4 Å². The van der Waals surface area contributed by atoms with Crippen molar-refractivity contribution in [3.63, 3.8) is 0 Å². The first kappa shape index (κ1) is 21.0. The van der Waals surface area contributed by atoms with Gasteiger partial charge < -0.3 is 5.32 Å². The van der Waals surface area contributed by atoms with Crippen LogP contribution in [0.15, 0.2) is 18.2 Å². The number of nitrogens with zero attached hydrogens (tertiary/aromatic N) is 1. The summed E-state index contributed by atoms with van der Waals surface area (Å²) < 4.78 is 77.5. The molecule has 2 aromatic rings. The van der Waals surface area contributed by atoms with E-state index in [1.165, 1.54) is 11.3 Å². The van der Waals surface area contributed by atoms with Crippen LogP contribution in [0.5, 0.6) is 0 Å². The zero-order valence-corrected chi connectivity index (χ0v) is 15.4. The maximum absolute atomic E-state index is 12.9. The van der Waals surface area contributed by atoms with Crippen LogP contribution in [0.2, 0.25) is 0 Å². The molecule has 0 aliphatic heterocycles. The summed E-state index contributed by atoms with van der Waals surface area (Å²) in [7, 11) is 0. The lowest BCUT2D eigenvalue weighted by molar-refractivity contribution is -0.143. The van der Waals surface area contributed by atoms with Crippen LogP contribution in [0.25, 0.3) is 0 Å². The number of nitrogens with one attached hydrogen (secondary N) is 2. The van der Waals surface area contributed by atoms with E-state index in [1.807, 2.05) is 11.4 Å². The van der Waals surface area contributed by atoms with Crippen LogP contribution in [0.1, 0.15) is 40.0 Å². The van der Waals surface area contributed by atoms with Crippen molar-refractivity contribution in [2.45, 2.75) is 38.0 Å². The number of thiophene rings is 1. The second kappa shape index (κ2) is 7.59. The number of hydrogen-bond donors (Lipinski definition) is 2. The maximum Gasteiger partial charge on any atom is 0.416 e. The van der Waals surface area contributed by atoms with Gasteiger partial charge in [0.1, 0.15) is 11.1 Å². The molecule has 0 bridgehead atoms. The van der Waals surface area contributed by atoms with E-state index < -0.39 is 35.2 Å². The summed E-state index contributed by atoms with van der Waals surface area (Å²) in [6.45, 7) is 0. The quantitative estimate of drug-likeness (QED) is 0.556. The van der Waals surface area contributed by atoms with Crippen molar-refractivity contribution in [1.29, 1.82) is 5.26 Å². The Labute approximate surface area is 165 Å². The van der Waals surface area contributed by atoms with Crippen molar-refractivity contribution in [3.8, 4) is 6.07 Å². The normalized spacial score (nSPS) is 14.1. The van der Waals surface area contributed by atoms with E-state index >= 15 is 0 Å². The lowest BCUT2D eigenvalue weighted by Gasteiger charge is -2.15. The van der Waals surface area contributed by atoms with Crippen molar-refractivity contribution in [2.24, 2.45) is 0 Å². The Hall–Kier alpha value is -2.74. The van der Waals surface area contributed by atoms with E-state index in [1.54, 1.807) is 0 Å². The minimum Gasteiger partial charge on any atom is -0.308 e. The molecule has 1 aliphatic rings. The molecule has 29 heavy (non-hydrogen) atoms. The number of benzene rings is 1. The molecular formula is C18H13F6N3OS. The first-order valence-electron chi connectivity index (χ1n) is 8.41. The number of aryl methyl sites for hydroxylation is 1. The molecule has 2 N–H and O–H groups in total. The van der Waals surface area contributed by atoms with Gasteiger partial charge in [0.25, 0.3) is 0 Å². The van der Waals surface area contributed by atoms with Crippen LogP contribution >= 0.6 is 11.3 Å². The Kier molecular flexibility index (Phi) is 5.49. The Morgan fingerprint density at radius 3 is 2.10 bits per heavy atom. The Bertz CT molecular complexity index is 955. The lowest BCUT2D eigenvalue weighted by Crippen LogP contribution is -2.20. The third-order valence-electron chi connectivity index (χ3n) is 4.36. The summed E-state index contributed by atoms with van der Waals surface area (Å²) in [6.07, 6.45) is -6.77. The van der Waals surface area contributed by atoms with Gasteiger partial charge in [-0.2, -0.15) is 31.6 Å². The van der Waals surface area contributed by atoms with Gasteiger partial charge in [0, 0.05) is 10.6 Å². The molecule has 0 unspecified atom stereocenters. The second-order valence-electron chi connectivity index (χ2n) is 6.40. The highest BCUT2D eigenvalue weighted by molar-refractivity contribution is 7.16. The summed E-state index contributed by atoms with van der Waals surface area (Å²) in [5.74, 6) is 0. The van der Waals surface area contributed by atoms with Crippen molar-refractivity contribution < 1.29 is 31.1 Å². The fraction of sp³-hybridized carbons (Fsp3) is 0.333. The molecule has 1 heterocycles. The first-order valence-corrected chi connectivity index (χ1v) is 9.23. The smallest absolute Gasteiger partial charge is 0.308 e. The van der Waals surface area contributed by atoms with Crippen molar-refractivity contribution >= 4 is 28.1 Å². The van der Waals surface area contributed by atoms with Gasteiger partial charge in [-0.15, -0.1) is 11.3 Å². The van der Waals surface area contributed by atoms with Crippen LogP contribution < -0.4 is 10.6 Å². The Morgan fingerprint density at radius 2 is 1.55 bits per heavy atom. The van der Waals surface area contributed by atoms with Crippen molar-refractivity contribution in [3.05, 3.63) is 45.3 Å². The molecular weight excluding hydrogens is 420 g/mol. The van der Waals surface area contributed by atoms with Crippen LogP contribution in [0.4, 0.5) is 41.8 Å². The van der Waals surface area contributed by atoms with Crippen molar-refractivity contribution in [2.75, 3.05) is 10.6 Å². The fourth-order valence-electron chi connectivity index (χ4n) is 3.06. The van der Waals surface area contributed by atoms with Crippen LogP contribution in [0, 0.1) is 11.3 Å². The third-order valence-corrected chi connectivity index (χ3v) is 5.56. The minimum absolute atomic E-state index is 0.0236. The Balaban J connectivity index is 1.86. The zero-order valence-electron chi connectivity index (χ0n) is 14.6. The monoisotopic (exact) mass is 433 g/mol. The number of urea groups is 1. The van der Waals surface area contributed by atoms with E-state index in [9.17, 15) is 36.4 Å². The van der Waals surface area contributed by atoms with Gasteiger partial charge in [0.05, 0.1) is 16.7 Å². The number of anilines is 2. The summed E-state index contributed by atoms with van der Waals surface area (Å²) in [5.41, 5.74) is -2.62. The molecule has 4 nitrogen and oxygen atoms in total. The highest BCUT2D eigenvalue weighted by Gasteiger charge is 2.37. The summed E-state index contributed by atoms with van der Waals surface area (Å²) >= 11 is 1.19. The molecule has 0 fully saturated rings. The van der Waals surface area contributed by atoms with Crippen LogP contribution in [-0.2, 0) is 25.2 Å². The summed E-state index contributed by atoms with van der Waals surface area (Å²) in [4.78, 5) is 13.1. The highest BCUT2D eigenvalue weighted by atomic mass is 32.1. The van der Waals surface area contributed by atoms with E-state index in [4.69, 9.17) is 0 Å². The SMILES string of the molecule is N#Cc1c(NC(=O)Nc2cc(C(F)(F)F)cc(C(F)(F)F)c2)sc2c1CCCC2. The number of alkyl halides is 6. The zero-order chi connectivity index (χ0) is 21.4. The largest absolute Gasteiger partial charge is 0.416 e. The molecule has 11 heteroatoms. The molecule has 1 aliphatic carbocycles. The maximum atomic E-state index is 12.9. The summed E-state index contributed by atoms with van der Waals surface area (Å²) in [6, 6.07) is 1.78. The van der Waals surface area contributed by atoms with Crippen LogP contribution in [-0.4, -0.2) is 6.03 Å². The van der Waals surface area contributed by atoms with E-state index in [2.05, 4.69) is 5.32 Å². The average Bonchev–Trinajstić information content (AvgIpc) is 2.96. The number of nitriles is 1.